The van der Waals surface area contributed by atoms with Crippen molar-refractivity contribution in [2.75, 3.05) is 0 Å². The van der Waals surface area contributed by atoms with Crippen molar-refractivity contribution in [1.82, 2.24) is 0 Å². The molecule has 0 aliphatic carbocycles. The Balaban J connectivity index is 0.000000116. The van der Waals surface area contributed by atoms with Crippen LogP contribution in [0.15, 0.2) is 473 Å². The van der Waals surface area contributed by atoms with Gasteiger partial charge in [-0.3, -0.25) is 0 Å². The highest BCUT2D eigenvalue weighted by Crippen LogP contribution is 2.53. The zero-order valence-corrected chi connectivity index (χ0v) is 71.9. The second-order valence-corrected chi connectivity index (χ2v) is 36.0. The van der Waals surface area contributed by atoms with E-state index in [4.69, 9.17) is 21.9 Å². The average molecular weight is 1740 g/mol. The molecule has 3 aromatic heterocycles. The molecule has 0 N–H and O–H groups in total. The Kier molecular flexibility index (Phi) is 13.4. The minimum Gasteiger partial charge on any atom is -0.135 e. The maximum atomic E-state index is 9.43. The van der Waals surface area contributed by atoms with Crippen molar-refractivity contribution in [2.24, 2.45) is 0 Å². The van der Waals surface area contributed by atoms with Crippen molar-refractivity contribution in [2.45, 2.75) is 0 Å². The van der Waals surface area contributed by atoms with Gasteiger partial charge in [-0.1, -0.05) is 430 Å². The monoisotopic (exact) mass is 1730 g/mol. The molecule has 0 bridgehead atoms. The van der Waals surface area contributed by atoms with E-state index < -0.39 is 72.5 Å². The maximum Gasteiger partial charge on any atom is 0.0629 e. The van der Waals surface area contributed by atoms with Gasteiger partial charge in [0, 0.05) is 71.6 Å². The normalized spacial score (nSPS) is 14.4. The lowest BCUT2D eigenvalue weighted by molar-refractivity contribution is 1.63. The first-order valence-electron chi connectivity index (χ1n) is 55.1. The molecule has 0 amide bonds. The number of hydrogen-bond acceptors (Lipinski definition) is 3. The maximum absolute atomic E-state index is 9.43. The standard InChI is InChI=1S/C46H28S.C42H26S.C40H24S/c1-2-13-33-28-43-42(27-32(33)12-1)40-21-10-22-41(46(40)47-43)45-38-18-7-5-16-36(38)44(37-17-6-8-19-39(37)45)31-25-23-30(24-26-31)35-20-9-14-29-11-3-4-15-34(29)35;1-2-11-28(12-3-1)40-33-15-6-8-17-35(33)41(36-18-9-7-16-34(36)40)29-23-21-27(22-24-29)32-19-10-20-37-38-25-30-13-4-5-14-31(30)26-39(38)43-42(32)37;1-2-11-26-22-29(21-20-25(26)10-1)38-30-14-5-7-16-32(30)39(33-17-8-6-15-31(33)38)35-19-9-18-34-36-23-27-12-3-4-13-28(27)24-37(36)41-40(34)35/h1-28H;1-26H;1-24H/i5D,6D,7D,8D,16D,17D,18D,19D;6D,7D,8D,9D,15D,16D,17D,18D;5D,6D,7D,8D,14D,15D,16D,17D. The van der Waals surface area contributed by atoms with Crippen LogP contribution < -0.4 is 0 Å². The number of rotatable bonds is 8. The molecule has 0 fully saturated rings. The van der Waals surface area contributed by atoms with Gasteiger partial charge in [-0.15, -0.1) is 34.0 Å². The van der Waals surface area contributed by atoms with Crippen LogP contribution in [0.3, 0.4) is 0 Å². The largest absolute Gasteiger partial charge is 0.135 e. The number of hydrogen-bond donors (Lipinski definition) is 0. The number of fused-ring (bicyclic) bond motifs is 20. The van der Waals surface area contributed by atoms with Crippen molar-refractivity contribution >= 4 is 213 Å². The molecule has 25 aromatic carbocycles. The molecule has 0 saturated carbocycles. The number of thiophene rings is 3. The first-order valence-corrected chi connectivity index (χ1v) is 45.5. The van der Waals surface area contributed by atoms with E-state index in [9.17, 15) is 11.0 Å². The molecular formula is C128H78S3. The zero-order chi connectivity index (χ0) is 107. The third-order valence-electron chi connectivity index (χ3n) is 25.6. The van der Waals surface area contributed by atoms with Gasteiger partial charge < -0.3 is 0 Å². The Hall–Kier alpha value is -16.0. The summed E-state index contributed by atoms with van der Waals surface area (Å²) < 4.78 is 223. The summed E-state index contributed by atoms with van der Waals surface area (Å²) in [6.07, 6.45) is 0. The SMILES string of the molecule is [2H]c1c([2H])c([2H])c2c(-c3ccc(-c4cccc5c4sc4cc6ccccc6cc45)cc3)c3c([2H])c([2H])c([2H])c([2H])c3c(-c3ccccc3)c2c1[2H].[2H]c1c([2H])c([2H])c2c(-c3cccc4c3sc3cc5ccccc5cc34)c3c([2H])c([2H])c([2H])c([2H])c3c(-c3ccc(-c4cccc5ccccc45)cc3)c2c1[2H].[2H]c1c([2H])c([2H])c2c(-c3cccc4c3sc3cc5ccccc5cc34)c3c([2H])c([2H])c([2H])c([2H])c3c(-c3ccc4ccccc4c3)c2c1[2H]. The lowest BCUT2D eigenvalue weighted by Crippen LogP contribution is -1.91. The predicted octanol–water partition coefficient (Wildman–Crippen LogP) is 38.2. The average Bonchev–Trinajstić information content (AvgIpc) is 1.68. The summed E-state index contributed by atoms with van der Waals surface area (Å²) in [7, 11) is 0. The van der Waals surface area contributed by atoms with Crippen LogP contribution in [0.4, 0.5) is 0 Å². The van der Waals surface area contributed by atoms with Crippen molar-refractivity contribution < 1.29 is 32.9 Å². The van der Waals surface area contributed by atoms with E-state index in [2.05, 4.69) is 115 Å². The summed E-state index contributed by atoms with van der Waals surface area (Å²) >= 11 is 4.88. The first kappa shape index (κ1) is 55.6. The molecule has 0 nitrogen and oxygen atoms in total. The van der Waals surface area contributed by atoms with E-state index in [1.165, 1.54) is 26.2 Å². The molecule has 3 heterocycles. The van der Waals surface area contributed by atoms with Crippen LogP contribution in [0.1, 0.15) is 32.9 Å². The highest BCUT2D eigenvalue weighted by molar-refractivity contribution is 7.27. The van der Waals surface area contributed by atoms with Crippen LogP contribution in [-0.2, 0) is 0 Å². The van der Waals surface area contributed by atoms with Crippen LogP contribution in [0.25, 0.3) is 268 Å². The van der Waals surface area contributed by atoms with Crippen molar-refractivity contribution in [3.05, 3.63) is 473 Å². The topological polar surface area (TPSA) is 0 Å². The molecule has 0 atom stereocenters. The summed E-state index contributed by atoms with van der Waals surface area (Å²) in [5.74, 6) is 0. The molecule has 0 aliphatic heterocycles. The smallest absolute Gasteiger partial charge is 0.0629 e. The van der Waals surface area contributed by atoms with Crippen molar-refractivity contribution in [3.63, 3.8) is 0 Å². The Labute approximate surface area is 802 Å². The zero-order valence-electron chi connectivity index (χ0n) is 93.4. The van der Waals surface area contributed by atoms with Crippen LogP contribution >= 0.6 is 34.0 Å². The molecule has 0 aliphatic rings. The molecule has 608 valence electrons. The van der Waals surface area contributed by atoms with Crippen molar-refractivity contribution in [1.29, 1.82) is 0 Å². The van der Waals surface area contributed by atoms with Gasteiger partial charge in [-0.05, 0) is 239 Å². The fourth-order valence-corrected chi connectivity index (χ4v) is 23.5. The Morgan fingerprint density at radius 2 is 0.382 bits per heavy atom. The van der Waals surface area contributed by atoms with Crippen molar-refractivity contribution in [3.8, 4) is 89.0 Å². The third-order valence-corrected chi connectivity index (χ3v) is 29.2. The Bertz CT molecular complexity index is 10900. The highest BCUT2D eigenvalue weighted by Gasteiger charge is 2.25. The molecule has 0 spiro atoms. The Morgan fingerprint density at radius 1 is 0.137 bits per heavy atom. The summed E-state index contributed by atoms with van der Waals surface area (Å²) in [4.78, 5) is 0. The van der Waals surface area contributed by atoms with Crippen LogP contribution in [0.2, 0.25) is 0 Å². The summed E-state index contributed by atoms with van der Waals surface area (Å²) in [5.41, 5.74) is 9.76. The minimum atomic E-state index is -0.413. The van der Waals surface area contributed by atoms with Gasteiger partial charge in [-0.25, -0.2) is 0 Å². The number of benzene rings is 25. The van der Waals surface area contributed by atoms with Crippen LogP contribution in [0, 0.1) is 0 Å². The van der Waals surface area contributed by atoms with E-state index in [1.54, 1.807) is 58.3 Å². The fraction of sp³-hybridized carbons (Fsp3) is 0. The predicted molar refractivity (Wildman–Crippen MR) is 574 cm³/mol. The molecule has 28 aromatic rings. The van der Waals surface area contributed by atoms with E-state index in [-0.39, 0.29) is 137 Å². The summed E-state index contributed by atoms with van der Waals surface area (Å²) in [6.45, 7) is 0. The van der Waals surface area contributed by atoms with Gasteiger partial charge in [0.1, 0.15) is 0 Å². The second kappa shape index (κ2) is 31.5. The summed E-state index contributed by atoms with van der Waals surface area (Å²) in [5, 5.41) is 19.8. The van der Waals surface area contributed by atoms with E-state index in [1.807, 2.05) is 188 Å². The first-order chi connectivity index (χ1) is 74.9. The summed E-state index contributed by atoms with van der Waals surface area (Å²) in [6, 6.07) is 99.8. The third kappa shape index (κ3) is 12.8. The minimum absolute atomic E-state index is 0.209. The van der Waals surface area contributed by atoms with E-state index >= 15 is 0 Å². The quantitative estimate of drug-likeness (QED) is 0.133. The van der Waals surface area contributed by atoms with Crippen LogP contribution in [-0.4, -0.2) is 0 Å². The van der Waals surface area contributed by atoms with Gasteiger partial charge in [0.25, 0.3) is 0 Å². The molecule has 0 radical (unpaired) electrons. The van der Waals surface area contributed by atoms with Gasteiger partial charge in [-0.2, -0.15) is 0 Å². The second-order valence-electron chi connectivity index (χ2n) is 32.8. The fourth-order valence-electron chi connectivity index (χ4n) is 19.7. The molecular weight excluding hydrogens is 1630 g/mol. The molecule has 28 rings (SSSR count). The van der Waals surface area contributed by atoms with Gasteiger partial charge in [0.05, 0.1) is 32.9 Å². The van der Waals surface area contributed by atoms with Crippen LogP contribution in [0.5, 0.6) is 0 Å². The highest BCUT2D eigenvalue weighted by atomic mass is 32.1. The van der Waals surface area contributed by atoms with E-state index in [0.717, 1.165) is 110 Å². The Morgan fingerprint density at radius 3 is 0.763 bits per heavy atom. The van der Waals surface area contributed by atoms with Gasteiger partial charge in [0.2, 0.25) is 0 Å². The van der Waals surface area contributed by atoms with E-state index in [0.29, 0.717) is 66.8 Å². The molecule has 131 heavy (non-hydrogen) atoms. The van der Waals surface area contributed by atoms with Gasteiger partial charge in [0.15, 0.2) is 0 Å². The molecule has 3 heteroatoms. The molecule has 0 unspecified atom stereocenters. The lowest BCUT2D eigenvalue weighted by Gasteiger charge is -2.18. The molecule has 0 saturated heterocycles. The lowest BCUT2D eigenvalue weighted by atomic mass is 9.85. The van der Waals surface area contributed by atoms with Gasteiger partial charge >= 0.3 is 0 Å².